The van der Waals surface area contributed by atoms with Gasteiger partial charge in [0.05, 0.1) is 19.3 Å². The van der Waals surface area contributed by atoms with E-state index in [0.29, 0.717) is 0 Å². The highest BCUT2D eigenvalue weighted by molar-refractivity contribution is 5.15. The molecule has 1 atom stereocenters. The van der Waals surface area contributed by atoms with Gasteiger partial charge in [0.15, 0.2) is 0 Å². The van der Waals surface area contributed by atoms with Crippen LogP contribution in [0.2, 0.25) is 0 Å². The quantitative estimate of drug-likeness (QED) is 0.820. The van der Waals surface area contributed by atoms with Crippen molar-refractivity contribution in [3.8, 4) is 0 Å². The molecule has 0 spiro atoms. The number of aliphatic hydroxyl groups is 1. The first-order valence-electron chi connectivity index (χ1n) is 5.87. The van der Waals surface area contributed by atoms with E-state index in [2.05, 4.69) is 29.2 Å². The molecule has 1 aromatic carbocycles. The fraction of sp³-hybridized carbons (Fsp3) is 0.538. The van der Waals surface area contributed by atoms with Crippen molar-refractivity contribution >= 4 is 0 Å². The molecule has 1 aromatic rings. The zero-order chi connectivity index (χ0) is 11.2. The van der Waals surface area contributed by atoms with Crippen LogP contribution in [0.3, 0.4) is 0 Å². The molecule has 1 saturated heterocycles. The molecule has 1 heterocycles. The summed E-state index contributed by atoms with van der Waals surface area (Å²) in [4.78, 5) is 2.26. The summed E-state index contributed by atoms with van der Waals surface area (Å²) in [5, 5.41) is 8.91. The molecule has 1 fully saturated rings. The van der Waals surface area contributed by atoms with Crippen molar-refractivity contribution in [2.45, 2.75) is 12.5 Å². The monoisotopic (exact) mass is 221 g/mol. The predicted octanol–water partition coefficient (Wildman–Crippen LogP) is 0.922. The lowest BCUT2D eigenvalue weighted by Crippen LogP contribution is -2.44. The van der Waals surface area contributed by atoms with Gasteiger partial charge in [0, 0.05) is 19.6 Å². The Labute approximate surface area is 96.6 Å². The van der Waals surface area contributed by atoms with Crippen LogP contribution >= 0.6 is 0 Å². The minimum Gasteiger partial charge on any atom is -0.395 e. The van der Waals surface area contributed by atoms with Crippen LogP contribution in [0.15, 0.2) is 30.3 Å². The number of rotatable bonds is 4. The van der Waals surface area contributed by atoms with Gasteiger partial charge >= 0.3 is 0 Å². The molecule has 1 N–H and O–H groups in total. The summed E-state index contributed by atoms with van der Waals surface area (Å²) in [6.45, 7) is 3.63. The van der Waals surface area contributed by atoms with Crippen LogP contribution in [0.5, 0.6) is 0 Å². The molecule has 16 heavy (non-hydrogen) atoms. The summed E-state index contributed by atoms with van der Waals surface area (Å²) in [5.41, 5.74) is 1.32. The molecule has 3 heteroatoms. The Hall–Kier alpha value is -0.900. The summed E-state index contributed by atoms with van der Waals surface area (Å²) in [6, 6.07) is 10.4. The van der Waals surface area contributed by atoms with Gasteiger partial charge in [0.1, 0.15) is 0 Å². The fourth-order valence-electron chi connectivity index (χ4n) is 2.13. The Kier molecular flexibility index (Phi) is 4.34. The van der Waals surface area contributed by atoms with E-state index in [1.807, 2.05) is 6.07 Å². The van der Waals surface area contributed by atoms with E-state index in [1.54, 1.807) is 0 Å². The Balaban J connectivity index is 1.85. The number of aliphatic hydroxyl groups excluding tert-OH is 1. The van der Waals surface area contributed by atoms with Crippen LogP contribution in [-0.4, -0.2) is 49.0 Å². The molecule has 88 valence electrons. The maximum atomic E-state index is 8.91. The van der Waals surface area contributed by atoms with Crippen molar-refractivity contribution in [1.29, 1.82) is 0 Å². The largest absolute Gasteiger partial charge is 0.395 e. The Bertz CT molecular complexity index is 300. The summed E-state index contributed by atoms with van der Waals surface area (Å²) >= 11 is 0. The maximum Gasteiger partial charge on any atom is 0.0742 e. The highest BCUT2D eigenvalue weighted by Gasteiger charge is 2.19. The minimum absolute atomic E-state index is 0.234. The van der Waals surface area contributed by atoms with Gasteiger partial charge in [-0.2, -0.15) is 0 Å². The summed E-state index contributed by atoms with van der Waals surface area (Å²) < 4.78 is 5.74. The van der Waals surface area contributed by atoms with E-state index in [-0.39, 0.29) is 12.7 Å². The highest BCUT2D eigenvalue weighted by atomic mass is 16.5. The second kappa shape index (κ2) is 5.99. The third kappa shape index (κ3) is 3.30. The van der Waals surface area contributed by atoms with Crippen molar-refractivity contribution in [3.63, 3.8) is 0 Å². The molecular weight excluding hydrogens is 202 g/mol. The zero-order valence-electron chi connectivity index (χ0n) is 9.51. The van der Waals surface area contributed by atoms with Crippen molar-refractivity contribution in [3.05, 3.63) is 35.9 Å². The van der Waals surface area contributed by atoms with Crippen molar-refractivity contribution in [1.82, 2.24) is 4.90 Å². The summed E-state index contributed by atoms with van der Waals surface area (Å²) in [6.07, 6.45) is 1.23. The van der Waals surface area contributed by atoms with Gasteiger partial charge in [-0.25, -0.2) is 0 Å². The van der Waals surface area contributed by atoms with Gasteiger partial charge < -0.3 is 9.84 Å². The summed E-state index contributed by atoms with van der Waals surface area (Å²) in [7, 11) is 0. The molecule has 0 aliphatic carbocycles. The van der Waals surface area contributed by atoms with Gasteiger partial charge in [-0.3, -0.25) is 4.90 Å². The third-order valence-corrected chi connectivity index (χ3v) is 2.95. The second-order valence-electron chi connectivity index (χ2n) is 4.21. The number of morpholine rings is 1. The van der Waals surface area contributed by atoms with Crippen LogP contribution in [0.4, 0.5) is 0 Å². The number of hydrogen-bond donors (Lipinski definition) is 1. The first kappa shape index (κ1) is 11.6. The van der Waals surface area contributed by atoms with Gasteiger partial charge in [-0.15, -0.1) is 0 Å². The number of ether oxygens (including phenoxy) is 1. The van der Waals surface area contributed by atoms with Gasteiger partial charge in [0.2, 0.25) is 0 Å². The van der Waals surface area contributed by atoms with Crippen LogP contribution in [0.25, 0.3) is 0 Å². The van der Waals surface area contributed by atoms with Gasteiger partial charge in [-0.1, -0.05) is 30.3 Å². The molecule has 3 nitrogen and oxygen atoms in total. The predicted molar refractivity (Wildman–Crippen MR) is 63.4 cm³/mol. The molecule has 0 aromatic heterocycles. The molecule has 1 aliphatic heterocycles. The van der Waals surface area contributed by atoms with Gasteiger partial charge in [0.25, 0.3) is 0 Å². The minimum atomic E-state index is 0.234. The topological polar surface area (TPSA) is 32.7 Å². The smallest absolute Gasteiger partial charge is 0.0742 e. The van der Waals surface area contributed by atoms with Crippen molar-refractivity contribution in [2.24, 2.45) is 0 Å². The lowest BCUT2D eigenvalue weighted by Gasteiger charge is -2.32. The SMILES string of the molecule is OCCN1CCOC(Cc2ccccc2)C1. The van der Waals surface area contributed by atoms with E-state index < -0.39 is 0 Å². The molecule has 1 aliphatic rings. The van der Waals surface area contributed by atoms with E-state index >= 15 is 0 Å². The fourth-order valence-corrected chi connectivity index (χ4v) is 2.13. The number of benzene rings is 1. The maximum absolute atomic E-state index is 8.91. The number of nitrogens with zero attached hydrogens (tertiary/aromatic N) is 1. The number of β-amino-alcohol motifs (C(OH)–C–C–N with tert-alkyl or cyclic N) is 1. The first-order valence-corrected chi connectivity index (χ1v) is 5.87. The molecule has 0 amide bonds. The third-order valence-electron chi connectivity index (χ3n) is 2.95. The van der Waals surface area contributed by atoms with Crippen LogP contribution in [0, 0.1) is 0 Å². The van der Waals surface area contributed by atoms with E-state index in [4.69, 9.17) is 9.84 Å². The Morgan fingerprint density at radius 1 is 1.31 bits per heavy atom. The van der Waals surface area contributed by atoms with Gasteiger partial charge in [-0.05, 0) is 12.0 Å². The van der Waals surface area contributed by atoms with Crippen molar-refractivity contribution < 1.29 is 9.84 Å². The standard InChI is InChI=1S/C13H19NO2/c15-8-6-14-7-9-16-13(11-14)10-12-4-2-1-3-5-12/h1-5,13,15H,6-11H2. The van der Waals surface area contributed by atoms with E-state index in [1.165, 1.54) is 5.56 Å². The molecule has 0 radical (unpaired) electrons. The lowest BCUT2D eigenvalue weighted by molar-refractivity contribution is -0.0313. The molecule has 0 saturated carbocycles. The molecule has 0 bridgehead atoms. The van der Waals surface area contributed by atoms with E-state index in [0.717, 1.165) is 32.7 Å². The van der Waals surface area contributed by atoms with Crippen LogP contribution in [0.1, 0.15) is 5.56 Å². The molecule has 2 rings (SSSR count). The van der Waals surface area contributed by atoms with Crippen LogP contribution < -0.4 is 0 Å². The van der Waals surface area contributed by atoms with Crippen molar-refractivity contribution in [2.75, 3.05) is 32.8 Å². The molecule has 1 unspecified atom stereocenters. The zero-order valence-corrected chi connectivity index (χ0v) is 9.51. The lowest BCUT2D eigenvalue weighted by atomic mass is 10.1. The Morgan fingerprint density at radius 3 is 2.88 bits per heavy atom. The average molecular weight is 221 g/mol. The van der Waals surface area contributed by atoms with E-state index in [9.17, 15) is 0 Å². The Morgan fingerprint density at radius 2 is 2.12 bits per heavy atom. The highest BCUT2D eigenvalue weighted by Crippen LogP contribution is 2.11. The average Bonchev–Trinajstić information content (AvgIpc) is 2.31. The summed E-state index contributed by atoms with van der Waals surface area (Å²) in [5.74, 6) is 0. The molecular formula is C13H19NO2. The normalized spacial score (nSPS) is 22.2. The first-order chi connectivity index (χ1) is 7.88. The number of hydrogen-bond acceptors (Lipinski definition) is 3. The van der Waals surface area contributed by atoms with Crippen LogP contribution in [-0.2, 0) is 11.2 Å². The second-order valence-corrected chi connectivity index (χ2v) is 4.21.